The molecule has 1 amide bonds. The van der Waals surface area contributed by atoms with Crippen LogP contribution in [0.2, 0.25) is 0 Å². The molecule has 0 aliphatic heterocycles. The first kappa shape index (κ1) is 16.0. The fourth-order valence-electron chi connectivity index (χ4n) is 1.85. The third kappa shape index (κ3) is 4.86. The van der Waals surface area contributed by atoms with E-state index in [1.807, 2.05) is 26.0 Å². The number of aryl methyl sites for hydroxylation is 2. The van der Waals surface area contributed by atoms with Gasteiger partial charge in [0.05, 0.1) is 0 Å². The number of halogens is 1. The largest absolute Gasteiger partial charge is 0.480 e. The third-order valence-electron chi connectivity index (χ3n) is 2.92. The maximum absolute atomic E-state index is 11.9. The van der Waals surface area contributed by atoms with Gasteiger partial charge < -0.3 is 10.1 Å². The monoisotopic (exact) mass is 327 g/mol. The smallest absolute Gasteiger partial charge is 0.260 e. The Labute approximate surface area is 123 Å². The van der Waals surface area contributed by atoms with Crippen LogP contribution < -0.4 is 10.1 Å². The first-order chi connectivity index (χ1) is 8.95. The molecule has 1 N–H and O–H groups in total. The predicted molar refractivity (Wildman–Crippen MR) is 81.6 cm³/mol. The number of amides is 1. The van der Waals surface area contributed by atoms with E-state index in [0.29, 0.717) is 6.54 Å². The second-order valence-electron chi connectivity index (χ2n) is 4.77. The van der Waals surface area contributed by atoms with Gasteiger partial charge in [0.1, 0.15) is 5.75 Å². The fraction of sp³-hybridized carbons (Fsp3) is 0.533. The summed E-state index contributed by atoms with van der Waals surface area (Å²) in [6.45, 7) is 8.55. The van der Waals surface area contributed by atoms with E-state index in [2.05, 4.69) is 28.2 Å². The Bertz CT molecular complexity index is 423. The molecule has 4 heteroatoms. The molecule has 1 unspecified atom stereocenters. The topological polar surface area (TPSA) is 38.3 Å². The average molecular weight is 328 g/mol. The van der Waals surface area contributed by atoms with Gasteiger partial charge in [-0.25, -0.2) is 0 Å². The highest BCUT2D eigenvalue weighted by Crippen LogP contribution is 2.28. The molecule has 3 nitrogen and oxygen atoms in total. The minimum atomic E-state index is -0.476. The Morgan fingerprint density at radius 3 is 2.47 bits per heavy atom. The van der Waals surface area contributed by atoms with Crippen LogP contribution in [-0.2, 0) is 4.79 Å². The van der Waals surface area contributed by atoms with E-state index in [9.17, 15) is 4.79 Å². The molecule has 0 saturated heterocycles. The lowest BCUT2D eigenvalue weighted by molar-refractivity contribution is -0.127. The van der Waals surface area contributed by atoms with Crippen molar-refractivity contribution in [1.29, 1.82) is 0 Å². The van der Waals surface area contributed by atoms with Gasteiger partial charge in [0.15, 0.2) is 6.10 Å². The van der Waals surface area contributed by atoms with Crippen LogP contribution in [0.15, 0.2) is 16.6 Å². The van der Waals surface area contributed by atoms with Crippen LogP contribution in [0, 0.1) is 13.8 Å². The van der Waals surface area contributed by atoms with E-state index in [4.69, 9.17) is 4.74 Å². The highest BCUT2D eigenvalue weighted by molar-refractivity contribution is 9.10. The van der Waals surface area contributed by atoms with Crippen molar-refractivity contribution >= 4 is 21.8 Å². The predicted octanol–water partition coefficient (Wildman–Crippen LogP) is 3.75. The fourth-order valence-corrected chi connectivity index (χ4v) is 2.53. The maximum atomic E-state index is 11.9. The van der Waals surface area contributed by atoms with E-state index in [1.165, 1.54) is 0 Å². The van der Waals surface area contributed by atoms with Crippen LogP contribution in [0.3, 0.4) is 0 Å². The van der Waals surface area contributed by atoms with Crippen LogP contribution >= 0.6 is 15.9 Å². The van der Waals surface area contributed by atoms with Crippen LogP contribution in [0.25, 0.3) is 0 Å². The number of carbonyl (C=O) groups excluding carboxylic acids is 1. The minimum absolute atomic E-state index is 0.0600. The van der Waals surface area contributed by atoms with E-state index < -0.39 is 6.10 Å². The van der Waals surface area contributed by atoms with E-state index in [0.717, 1.165) is 34.2 Å². The zero-order valence-electron chi connectivity index (χ0n) is 12.0. The average Bonchev–Trinajstić information content (AvgIpc) is 2.33. The number of unbranched alkanes of at least 4 members (excludes halogenated alkanes) is 1. The van der Waals surface area contributed by atoms with E-state index >= 15 is 0 Å². The molecule has 0 aliphatic rings. The van der Waals surface area contributed by atoms with Gasteiger partial charge in [-0.3, -0.25) is 4.79 Å². The van der Waals surface area contributed by atoms with Gasteiger partial charge in [0.25, 0.3) is 5.91 Å². The quantitative estimate of drug-likeness (QED) is 0.808. The maximum Gasteiger partial charge on any atom is 0.260 e. The molecule has 0 spiro atoms. The van der Waals surface area contributed by atoms with Gasteiger partial charge in [0, 0.05) is 11.0 Å². The van der Waals surface area contributed by atoms with Crippen LogP contribution in [0.5, 0.6) is 5.75 Å². The number of nitrogens with one attached hydrogen (secondary N) is 1. The van der Waals surface area contributed by atoms with Crippen molar-refractivity contribution in [2.24, 2.45) is 0 Å². The Morgan fingerprint density at radius 1 is 1.37 bits per heavy atom. The van der Waals surface area contributed by atoms with Gasteiger partial charge in [-0.05, 0) is 50.5 Å². The normalized spacial score (nSPS) is 12.1. The Hall–Kier alpha value is -1.03. The summed E-state index contributed by atoms with van der Waals surface area (Å²) in [5, 5.41) is 2.88. The highest BCUT2D eigenvalue weighted by Gasteiger charge is 2.16. The molecule has 0 fully saturated rings. The summed E-state index contributed by atoms with van der Waals surface area (Å²) < 4.78 is 6.81. The lowest BCUT2D eigenvalue weighted by atomic mass is 10.1. The second kappa shape index (κ2) is 7.53. The summed E-state index contributed by atoms with van der Waals surface area (Å²) in [6.07, 6.45) is 1.59. The zero-order valence-corrected chi connectivity index (χ0v) is 13.6. The minimum Gasteiger partial charge on any atom is -0.480 e. The number of rotatable bonds is 6. The molecule has 0 aliphatic carbocycles. The summed E-state index contributed by atoms with van der Waals surface area (Å²) in [5.74, 6) is 0.733. The number of benzene rings is 1. The van der Waals surface area contributed by atoms with Gasteiger partial charge in [-0.1, -0.05) is 29.3 Å². The van der Waals surface area contributed by atoms with Crippen molar-refractivity contribution in [1.82, 2.24) is 5.32 Å². The molecule has 1 aromatic carbocycles. The lowest BCUT2D eigenvalue weighted by Gasteiger charge is -2.18. The molecule has 106 valence electrons. The summed E-state index contributed by atoms with van der Waals surface area (Å²) in [6, 6.07) is 3.98. The second-order valence-corrected chi connectivity index (χ2v) is 5.69. The SMILES string of the molecule is CCCCNC(=O)C(C)Oc1c(C)cc(Br)cc1C. The zero-order chi connectivity index (χ0) is 14.4. The summed E-state index contributed by atoms with van der Waals surface area (Å²) >= 11 is 3.45. The van der Waals surface area contributed by atoms with Gasteiger partial charge >= 0.3 is 0 Å². The Balaban J connectivity index is 2.66. The van der Waals surface area contributed by atoms with Crippen LogP contribution in [-0.4, -0.2) is 18.6 Å². The third-order valence-corrected chi connectivity index (χ3v) is 3.38. The number of hydrogen-bond acceptors (Lipinski definition) is 2. The molecule has 19 heavy (non-hydrogen) atoms. The number of carbonyl (C=O) groups is 1. The van der Waals surface area contributed by atoms with E-state index in [1.54, 1.807) is 6.92 Å². The van der Waals surface area contributed by atoms with Crippen molar-refractivity contribution in [2.45, 2.75) is 46.6 Å². The molecule has 0 heterocycles. The Kier molecular flexibility index (Phi) is 6.35. The molecular weight excluding hydrogens is 306 g/mol. The molecule has 0 aromatic heterocycles. The van der Waals surface area contributed by atoms with Crippen molar-refractivity contribution in [3.63, 3.8) is 0 Å². The van der Waals surface area contributed by atoms with Gasteiger partial charge in [0.2, 0.25) is 0 Å². The Morgan fingerprint density at radius 2 is 1.95 bits per heavy atom. The summed E-state index contributed by atoms with van der Waals surface area (Å²) in [4.78, 5) is 11.9. The first-order valence-corrected chi connectivity index (χ1v) is 7.46. The number of hydrogen-bond donors (Lipinski definition) is 1. The van der Waals surface area contributed by atoms with Gasteiger partial charge in [-0.2, -0.15) is 0 Å². The van der Waals surface area contributed by atoms with Crippen molar-refractivity contribution < 1.29 is 9.53 Å². The molecule has 1 atom stereocenters. The van der Waals surface area contributed by atoms with Crippen molar-refractivity contribution in [3.05, 3.63) is 27.7 Å². The summed E-state index contributed by atoms with van der Waals surface area (Å²) in [7, 11) is 0. The van der Waals surface area contributed by atoms with Crippen LogP contribution in [0.1, 0.15) is 37.8 Å². The number of ether oxygens (including phenoxy) is 1. The first-order valence-electron chi connectivity index (χ1n) is 6.66. The lowest BCUT2D eigenvalue weighted by Crippen LogP contribution is -2.37. The van der Waals surface area contributed by atoms with E-state index in [-0.39, 0.29) is 5.91 Å². The van der Waals surface area contributed by atoms with Gasteiger partial charge in [-0.15, -0.1) is 0 Å². The highest BCUT2D eigenvalue weighted by atomic mass is 79.9. The molecule has 1 rings (SSSR count). The molecule has 0 radical (unpaired) electrons. The molecular formula is C15H22BrNO2. The molecule has 0 bridgehead atoms. The van der Waals surface area contributed by atoms with Crippen molar-refractivity contribution in [2.75, 3.05) is 6.54 Å². The summed E-state index contributed by atoms with van der Waals surface area (Å²) in [5.41, 5.74) is 2.06. The molecule has 0 saturated carbocycles. The van der Waals surface area contributed by atoms with Crippen molar-refractivity contribution in [3.8, 4) is 5.75 Å². The van der Waals surface area contributed by atoms with Crippen LogP contribution in [0.4, 0.5) is 0 Å². The standard InChI is InChI=1S/C15H22BrNO2/c1-5-6-7-17-15(18)12(4)19-14-10(2)8-13(16)9-11(14)3/h8-9,12H,5-7H2,1-4H3,(H,17,18). The molecule has 1 aromatic rings.